The Kier molecular flexibility index (Phi) is 5.36. The number of hydrogen-bond acceptors (Lipinski definition) is 7. The van der Waals surface area contributed by atoms with Crippen LogP contribution >= 0.6 is 22.7 Å². The molecule has 0 spiro atoms. The smallest absolute Gasteiger partial charge is 0.294 e. The van der Waals surface area contributed by atoms with Crippen molar-refractivity contribution in [3.05, 3.63) is 70.8 Å². The number of aromatic nitrogens is 3. The van der Waals surface area contributed by atoms with E-state index in [1.807, 2.05) is 41.1 Å². The van der Waals surface area contributed by atoms with Gasteiger partial charge >= 0.3 is 0 Å². The fourth-order valence-corrected chi connectivity index (χ4v) is 4.17. The summed E-state index contributed by atoms with van der Waals surface area (Å²) in [5.41, 5.74) is 5.69. The van der Waals surface area contributed by atoms with E-state index in [4.69, 9.17) is 0 Å². The van der Waals surface area contributed by atoms with Gasteiger partial charge in [0.2, 0.25) is 5.91 Å². The minimum absolute atomic E-state index is 0.0204. The van der Waals surface area contributed by atoms with Gasteiger partial charge in [0.25, 0.3) is 5.91 Å². The summed E-state index contributed by atoms with van der Waals surface area (Å²) in [7, 11) is 0. The highest BCUT2D eigenvalue weighted by Crippen LogP contribution is 2.27. The Morgan fingerprint density at radius 1 is 1.07 bits per heavy atom. The van der Waals surface area contributed by atoms with Crippen molar-refractivity contribution in [2.75, 3.05) is 0 Å². The van der Waals surface area contributed by atoms with Gasteiger partial charge in [0.05, 0.1) is 28.9 Å². The van der Waals surface area contributed by atoms with Crippen molar-refractivity contribution in [1.29, 1.82) is 0 Å². The van der Waals surface area contributed by atoms with Crippen molar-refractivity contribution in [3.63, 3.8) is 0 Å². The molecule has 0 unspecified atom stereocenters. The number of carbonyl (C=O) groups is 2. The average Bonchev–Trinajstić information content (AvgIpc) is 3.47. The van der Waals surface area contributed by atoms with Gasteiger partial charge in [0.15, 0.2) is 11.4 Å². The van der Waals surface area contributed by atoms with E-state index < -0.39 is 11.8 Å². The maximum absolute atomic E-state index is 12.3. The number of amides is 2. The summed E-state index contributed by atoms with van der Waals surface area (Å²) in [6.07, 6.45) is 1.35. The topological polar surface area (TPSA) is 109 Å². The normalized spacial score (nSPS) is 10.6. The van der Waals surface area contributed by atoms with Gasteiger partial charge in [-0.15, -0.1) is 22.7 Å². The summed E-state index contributed by atoms with van der Waals surface area (Å²) in [5, 5.41) is 18.7. The number of thiazole rings is 1. The van der Waals surface area contributed by atoms with Crippen LogP contribution in [0.4, 0.5) is 0 Å². The first-order chi connectivity index (χ1) is 14.1. The molecule has 0 aliphatic heterocycles. The summed E-state index contributed by atoms with van der Waals surface area (Å²) < 4.78 is 1.38. The van der Waals surface area contributed by atoms with Crippen LogP contribution in [0.1, 0.15) is 16.2 Å². The molecule has 2 amide bonds. The number of thiophene rings is 1. The highest BCUT2D eigenvalue weighted by Gasteiger charge is 2.18. The molecule has 10 heteroatoms. The van der Waals surface area contributed by atoms with Crippen molar-refractivity contribution in [2.45, 2.75) is 6.42 Å². The lowest BCUT2D eigenvalue weighted by Crippen LogP contribution is -2.42. The maximum atomic E-state index is 12.3. The van der Waals surface area contributed by atoms with Crippen LogP contribution in [0.2, 0.25) is 0 Å². The number of hydrazine groups is 1. The molecule has 3 aromatic heterocycles. The third kappa shape index (κ3) is 4.33. The fraction of sp³-hybridized carbons (Fsp3) is 0.0526. The second kappa shape index (κ2) is 8.25. The monoisotopic (exact) mass is 425 g/mol. The van der Waals surface area contributed by atoms with Gasteiger partial charge in [-0.25, -0.2) is 9.67 Å². The first-order valence-corrected chi connectivity index (χ1v) is 10.3. The Balaban J connectivity index is 1.35. The number of nitrogens with zero attached hydrogens (tertiary/aromatic N) is 3. The highest BCUT2D eigenvalue weighted by atomic mass is 32.1. The molecule has 0 aliphatic rings. The number of nitrogens with one attached hydrogen (secondary N) is 2. The molecule has 1 aromatic carbocycles. The van der Waals surface area contributed by atoms with E-state index in [1.54, 1.807) is 23.5 Å². The van der Waals surface area contributed by atoms with E-state index in [9.17, 15) is 14.7 Å². The number of hydrogen-bond donors (Lipinski definition) is 3. The third-order valence-electron chi connectivity index (χ3n) is 3.87. The second-order valence-corrected chi connectivity index (χ2v) is 7.75. The van der Waals surface area contributed by atoms with Gasteiger partial charge in [-0.1, -0.05) is 24.3 Å². The maximum Gasteiger partial charge on any atom is 0.294 e. The van der Waals surface area contributed by atoms with E-state index in [0.717, 1.165) is 9.88 Å². The first-order valence-electron chi connectivity index (χ1n) is 8.51. The van der Waals surface area contributed by atoms with E-state index in [1.165, 1.54) is 22.2 Å². The van der Waals surface area contributed by atoms with Gasteiger partial charge < -0.3 is 5.11 Å². The lowest BCUT2D eigenvalue weighted by molar-refractivity contribution is -0.121. The first kappa shape index (κ1) is 18.8. The molecule has 3 N–H and O–H groups in total. The van der Waals surface area contributed by atoms with Crippen LogP contribution in [0, 0.1) is 0 Å². The molecule has 0 radical (unpaired) electrons. The Hall–Kier alpha value is -3.50. The summed E-state index contributed by atoms with van der Waals surface area (Å²) >= 11 is 3.04. The standard InChI is InChI=1S/C19H15N5O3S2/c25-14-10-24(13-5-2-1-3-6-13)23-17(14)18(27)22-21-16(26)9-12-11-29-19(20-12)15-7-4-8-28-15/h1-8,10-11,25H,9H2,(H,21,26)(H,22,27). The Bertz CT molecular complexity index is 1140. The Labute approximate surface area is 173 Å². The highest BCUT2D eigenvalue weighted by molar-refractivity contribution is 7.20. The zero-order valence-electron chi connectivity index (χ0n) is 14.9. The van der Waals surface area contributed by atoms with E-state index in [0.29, 0.717) is 11.4 Å². The number of carbonyl (C=O) groups excluding carboxylic acids is 2. The molecule has 4 rings (SSSR count). The molecule has 4 aromatic rings. The van der Waals surface area contributed by atoms with Crippen LogP contribution < -0.4 is 10.9 Å². The van der Waals surface area contributed by atoms with Gasteiger partial charge in [-0.2, -0.15) is 5.10 Å². The molecule has 29 heavy (non-hydrogen) atoms. The molecule has 0 saturated heterocycles. The number of para-hydroxylation sites is 1. The summed E-state index contributed by atoms with van der Waals surface area (Å²) in [6, 6.07) is 13.0. The Morgan fingerprint density at radius 2 is 1.90 bits per heavy atom. The predicted octanol–water partition coefficient (Wildman–Crippen LogP) is 2.77. The van der Waals surface area contributed by atoms with Crippen molar-refractivity contribution in [2.24, 2.45) is 0 Å². The van der Waals surface area contributed by atoms with Crippen LogP contribution in [-0.4, -0.2) is 31.7 Å². The fourth-order valence-electron chi connectivity index (χ4n) is 2.54. The quantitative estimate of drug-likeness (QED) is 0.426. The molecule has 0 bridgehead atoms. The molecule has 8 nitrogen and oxygen atoms in total. The molecular formula is C19H15N5O3S2. The van der Waals surface area contributed by atoms with E-state index >= 15 is 0 Å². The molecule has 3 heterocycles. The van der Waals surface area contributed by atoms with Crippen LogP contribution in [0.5, 0.6) is 5.75 Å². The predicted molar refractivity (Wildman–Crippen MR) is 110 cm³/mol. The molecule has 0 aliphatic carbocycles. The van der Waals surface area contributed by atoms with E-state index in [2.05, 4.69) is 20.9 Å². The molecule has 0 fully saturated rings. The minimum atomic E-state index is -0.719. The zero-order valence-corrected chi connectivity index (χ0v) is 16.5. The molecule has 0 saturated carbocycles. The third-order valence-corrected chi connectivity index (χ3v) is 5.80. The van der Waals surface area contributed by atoms with Crippen LogP contribution in [-0.2, 0) is 11.2 Å². The van der Waals surface area contributed by atoms with Gasteiger partial charge in [0, 0.05) is 5.38 Å². The average molecular weight is 425 g/mol. The number of rotatable bonds is 5. The summed E-state index contributed by atoms with van der Waals surface area (Å²) in [5.74, 6) is -1.44. The summed E-state index contributed by atoms with van der Waals surface area (Å²) in [4.78, 5) is 29.8. The van der Waals surface area contributed by atoms with Crippen molar-refractivity contribution in [1.82, 2.24) is 25.6 Å². The van der Waals surface area contributed by atoms with Crippen LogP contribution in [0.25, 0.3) is 15.6 Å². The van der Waals surface area contributed by atoms with Crippen LogP contribution in [0.3, 0.4) is 0 Å². The molecule has 146 valence electrons. The lowest BCUT2D eigenvalue weighted by Gasteiger charge is -2.05. The Morgan fingerprint density at radius 3 is 2.66 bits per heavy atom. The second-order valence-electron chi connectivity index (χ2n) is 5.94. The van der Waals surface area contributed by atoms with E-state index in [-0.39, 0.29) is 17.9 Å². The number of aromatic hydroxyl groups is 1. The van der Waals surface area contributed by atoms with Crippen molar-refractivity contribution >= 4 is 34.5 Å². The van der Waals surface area contributed by atoms with Gasteiger partial charge in [0.1, 0.15) is 5.01 Å². The molecular weight excluding hydrogens is 410 g/mol. The summed E-state index contributed by atoms with van der Waals surface area (Å²) in [6.45, 7) is 0. The van der Waals surface area contributed by atoms with Crippen LogP contribution in [0.15, 0.2) is 59.4 Å². The van der Waals surface area contributed by atoms with Crippen molar-refractivity contribution < 1.29 is 14.7 Å². The molecule has 0 atom stereocenters. The minimum Gasteiger partial charge on any atom is -0.504 e. The van der Waals surface area contributed by atoms with Gasteiger partial charge in [-0.05, 0) is 23.6 Å². The largest absolute Gasteiger partial charge is 0.504 e. The zero-order chi connectivity index (χ0) is 20.2. The lowest BCUT2D eigenvalue weighted by atomic mass is 10.3. The van der Waals surface area contributed by atoms with Crippen molar-refractivity contribution in [3.8, 4) is 21.3 Å². The van der Waals surface area contributed by atoms with Gasteiger partial charge in [-0.3, -0.25) is 20.4 Å². The SMILES string of the molecule is O=C(Cc1csc(-c2cccs2)n1)NNC(=O)c1nn(-c2ccccc2)cc1O. The number of benzene rings is 1.